The summed E-state index contributed by atoms with van der Waals surface area (Å²) in [7, 11) is 0. The largest absolute Gasteiger partial charge is 0.378 e. The van der Waals surface area contributed by atoms with Crippen LogP contribution in [0.4, 0.5) is 11.4 Å². The van der Waals surface area contributed by atoms with Gasteiger partial charge in [0, 0.05) is 23.7 Å². The molecule has 0 aromatic heterocycles. The van der Waals surface area contributed by atoms with Gasteiger partial charge >= 0.3 is 0 Å². The summed E-state index contributed by atoms with van der Waals surface area (Å²) in [6.45, 7) is 2.16. The third kappa shape index (κ3) is 2.39. The highest BCUT2D eigenvalue weighted by atomic mass is 16.6. The van der Waals surface area contributed by atoms with Crippen molar-refractivity contribution in [2.24, 2.45) is 5.92 Å². The molecule has 0 radical (unpaired) electrons. The lowest BCUT2D eigenvalue weighted by Gasteiger charge is -2.37. The number of aryl methyl sites for hydroxylation is 1. The zero-order valence-electron chi connectivity index (χ0n) is 13.6. The number of anilines is 1. The first-order chi connectivity index (χ1) is 11.7. The molecule has 0 spiro atoms. The van der Waals surface area contributed by atoms with Crippen molar-refractivity contribution in [3.8, 4) is 0 Å². The molecule has 122 valence electrons. The number of fused-ring (bicyclic) bond motifs is 3. The monoisotopic (exact) mass is 320 g/mol. The fraction of sp³-hybridized carbons (Fsp3) is 0.300. The molecule has 4 rings (SSSR count). The maximum atomic E-state index is 11.1. The average Bonchev–Trinajstić information content (AvgIpc) is 3.10. The molecule has 0 saturated heterocycles. The number of non-ortho nitro benzene ring substituents is 1. The van der Waals surface area contributed by atoms with Gasteiger partial charge in [-0.25, -0.2) is 0 Å². The lowest BCUT2D eigenvalue weighted by atomic mass is 9.77. The quantitative estimate of drug-likeness (QED) is 0.493. The predicted molar refractivity (Wildman–Crippen MR) is 95.3 cm³/mol. The minimum Gasteiger partial charge on any atom is -0.378 e. The molecular weight excluding hydrogens is 300 g/mol. The van der Waals surface area contributed by atoms with Gasteiger partial charge in [0.25, 0.3) is 5.69 Å². The Morgan fingerprint density at radius 2 is 2.00 bits per heavy atom. The Morgan fingerprint density at radius 1 is 1.21 bits per heavy atom. The maximum Gasteiger partial charge on any atom is 0.269 e. The van der Waals surface area contributed by atoms with Crippen LogP contribution in [0.2, 0.25) is 0 Å². The molecule has 4 heteroatoms. The van der Waals surface area contributed by atoms with E-state index in [4.69, 9.17) is 0 Å². The zero-order chi connectivity index (χ0) is 16.7. The van der Waals surface area contributed by atoms with Gasteiger partial charge < -0.3 is 5.32 Å². The van der Waals surface area contributed by atoms with Crippen LogP contribution in [0.5, 0.6) is 0 Å². The van der Waals surface area contributed by atoms with Gasteiger partial charge in [-0.1, -0.05) is 43.3 Å². The number of hydrogen-bond acceptors (Lipinski definition) is 3. The van der Waals surface area contributed by atoms with Crippen LogP contribution in [0.1, 0.15) is 42.0 Å². The van der Waals surface area contributed by atoms with Gasteiger partial charge in [0.1, 0.15) is 0 Å². The van der Waals surface area contributed by atoms with Crippen LogP contribution in [0, 0.1) is 16.0 Å². The first-order valence-corrected chi connectivity index (χ1v) is 8.47. The number of nitrogens with zero attached hydrogens (tertiary/aromatic N) is 1. The molecule has 0 amide bonds. The molecule has 0 unspecified atom stereocenters. The second-order valence-corrected chi connectivity index (χ2v) is 6.60. The Morgan fingerprint density at radius 3 is 2.71 bits per heavy atom. The van der Waals surface area contributed by atoms with Crippen molar-refractivity contribution in [3.63, 3.8) is 0 Å². The van der Waals surface area contributed by atoms with Crippen molar-refractivity contribution >= 4 is 11.4 Å². The summed E-state index contributed by atoms with van der Waals surface area (Å²) >= 11 is 0. The van der Waals surface area contributed by atoms with E-state index in [9.17, 15) is 10.1 Å². The fourth-order valence-corrected chi connectivity index (χ4v) is 3.99. The van der Waals surface area contributed by atoms with E-state index in [-0.39, 0.29) is 22.6 Å². The van der Waals surface area contributed by atoms with E-state index in [1.54, 1.807) is 12.1 Å². The standard InChI is InChI=1S/C20H20N2O2/c1-2-13-6-8-14(9-7-13)20-17-5-3-4-16(17)18-12-15(22(23)24)10-11-19(18)21-20/h3-4,6-12,16-17,20-21H,2,5H2,1H3/t16-,17-,20-/m0/s1. The maximum absolute atomic E-state index is 11.1. The van der Waals surface area contributed by atoms with E-state index >= 15 is 0 Å². The van der Waals surface area contributed by atoms with E-state index in [0.717, 1.165) is 24.1 Å². The van der Waals surface area contributed by atoms with E-state index in [0.29, 0.717) is 5.92 Å². The summed E-state index contributed by atoms with van der Waals surface area (Å²) in [5.41, 5.74) is 4.85. The molecule has 3 atom stereocenters. The molecule has 0 fully saturated rings. The van der Waals surface area contributed by atoms with Crippen LogP contribution in [-0.2, 0) is 6.42 Å². The van der Waals surface area contributed by atoms with Crippen molar-refractivity contribution < 1.29 is 4.92 Å². The minimum atomic E-state index is -0.316. The summed E-state index contributed by atoms with van der Waals surface area (Å²) in [5, 5.41) is 14.7. The molecule has 24 heavy (non-hydrogen) atoms. The molecule has 2 aromatic rings. The lowest BCUT2D eigenvalue weighted by Crippen LogP contribution is -2.29. The van der Waals surface area contributed by atoms with Gasteiger partial charge in [0.2, 0.25) is 0 Å². The third-order valence-electron chi connectivity index (χ3n) is 5.30. The third-order valence-corrected chi connectivity index (χ3v) is 5.30. The van der Waals surface area contributed by atoms with E-state index in [2.05, 4.69) is 48.7 Å². The molecule has 1 heterocycles. The highest BCUT2D eigenvalue weighted by molar-refractivity contribution is 5.62. The highest BCUT2D eigenvalue weighted by Gasteiger charge is 2.38. The Labute approximate surface area is 141 Å². The van der Waals surface area contributed by atoms with Crippen LogP contribution in [-0.4, -0.2) is 4.92 Å². The molecular formula is C20H20N2O2. The van der Waals surface area contributed by atoms with Crippen LogP contribution >= 0.6 is 0 Å². The van der Waals surface area contributed by atoms with Gasteiger partial charge in [0.15, 0.2) is 0 Å². The van der Waals surface area contributed by atoms with E-state index in [1.165, 1.54) is 11.1 Å². The Kier molecular flexibility index (Phi) is 3.60. The molecule has 2 aliphatic rings. The molecule has 0 bridgehead atoms. The van der Waals surface area contributed by atoms with Crippen LogP contribution in [0.3, 0.4) is 0 Å². The second-order valence-electron chi connectivity index (χ2n) is 6.60. The summed E-state index contributed by atoms with van der Waals surface area (Å²) in [5.74, 6) is 0.656. The number of nitrogens with one attached hydrogen (secondary N) is 1. The van der Waals surface area contributed by atoms with Crippen molar-refractivity contribution in [1.29, 1.82) is 0 Å². The van der Waals surface area contributed by atoms with E-state index in [1.807, 2.05) is 6.07 Å². The predicted octanol–water partition coefficient (Wildman–Crippen LogP) is 4.98. The normalized spacial score (nSPS) is 24.1. The van der Waals surface area contributed by atoms with Crippen molar-refractivity contribution in [2.75, 3.05) is 5.32 Å². The molecule has 1 N–H and O–H groups in total. The lowest BCUT2D eigenvalue weighted by molar-refractivity contribution is -0.384. The Bertz CT molecular complexity index is 811. The fourth-order valence-electron chi connectivity index (χ4n) is 3.99. The Hall–Kier alpha value is -2.62. The zero-order valence-corrected chi connectivity index (χ0v) is 13.6. The van der Waals surface area contributed by atoms with Crippen molar-refractivity contribution in [3.05, 3.63) is 81.4 Å². The number of rotatable bonds is 3. The number of nitro benzene ring substituents is 1. The highest BCUT2D eigenvalue weighted by Crippen LogP contribution is 2.50. The van der Waals surface area contributed by atoms with Crippen LogP contribution in [0.25, 0.3) is 0 Å². The smallest absolute Gasteiger partial charge is 0.269 e. The molecule has 0 saturated carbocycles. The van der Waals surface area contributed by atoms with Gasteiger partial charge in [-0.2, -0.15) is 0 Å². The molecule has 2 aromatic carbocycles. The average molecular weight is 320 g/mol. The summed E-state index contributed by atoms with van der Waals surface area (Å²) in [6.07, 6.45) is 6.46. The van der Waals surface area contributed by atoms with Gasteiger partial charge in [-0.05, 0) is 41.5 Å². The number of benzene rings is 2. The van der Waals surface area contributed by atoms with Crippen molar-refractivity contribution in [2.45, 2.75) is 31.7 Å². The first-order valence-electron chi connectivity index (χ1n) is 8.47. The molecule has 1 aliphatic carbocycles. The summed E-state index contributed by atoms with van der Waals surface area (Å²) in [4.78, 5) is 10.8. The van der Waals surface area contributed by atoms with Crippen LogP contribution in [0.15, 0.2) is 54.6 Å². The molecule has 4 nitrogen and oxygen atoms in total. The minimum absolute atomic E-state index is 0.167. The van der Waals surface area contributed by atoms with Gasteiger partial charge in [0.05, 0.1) is 11.0 Å². The summed E-state index contributed by atoms with van der Waals surface area (Å²) < 4.78 is 0. The molecule has 1 aliphatic heterocycles. The van der Waals surface area contributed by atoms with Gasteiger partial charge in [-0.3, -0.25) is 10.1 Å². The van der Waals surface area contributed by atoms with Crippen LogP contribution < -0.4 is 5.32 Å². The number of nitro groups is 1. The van der Waals surface area contributed by atoms with E-state index < -0.39 is 0 Å². The number of hydrogen-bond donors (Lipinski definition) is 1. The summed E-state index contributed by atoms with van der Waals surface area (Å²) in [6, 6.07) is 14.2. The second kappa shape index (κ2) is 5.78. The topological polar surface area (TPSA) is 55.2 Å². The first kappa shape index (κ1) is 14.9. The van der Waals surface area contributed by atoms with Gasteiger partial charge in [-0.15, -0.1) is 0 Å². The van der Waals surface area contributed by atoms with Crippen molar-refractivity contribution in [1.82, 2.24) is 0 Å². The Balaban J connectivity index is 1.73. The number of allylic oxidation sites excluding steroid dienone is 2. The SMILES string of the molecule is CCc1ccc([C@@H]2Nc3ccc([N+](=O)[O-])cc3[C@H]3C=CC[C@@H]32)cc1.